The Hall–Kier alpha value is -0.170. The summed E-state index contributed by atoms with van der Waals surface area (Å²) in [6.45, 7) is 9.97. The fraction of sp³-hybridized carbons (Fsp3) is 1.00. The van der Waals surface area contributed by atoms with Gasteiger partial charge >= 0.3 is 0 Å². The third-order valence-corrected chi connectivity index (χ3v) is 4.22. The van der Waals surface area contributed by atoms with Crippen molar-refractivity contribution in [2.24, 2.45) is 5.41 Å². The molecule has 102 valence electrons. The smallest absolute Gasteiger partial charge is 0.277 e. The van der Waals surface area contributed by atoms with Gasteiger partial charge in [0.25, 0.3) is 10.2 Å². The molecule has 1 aliphatic heterocycles. The predicted molar refractivity (Wildman–Crippen MR) is 70.0 cm³/mol. The van der Waals surface area contributed by atoms with Crippen molar-refractivity contribution in [1.82, 2.24) is 14.8 Å². The van der Waals surface area contributed by atoms with Crippen LogP contribution in [0.5, 0.6) is 0 Å². The first-order chi connectivity index (χ1) is 7.62. The van der Waals surface area contributed by atoms with Crippen molar-refractivity contribution in [3.8, 4) is 0 Å². The van der Waals surface area contributed by atoms with Gasteiger partial charge in [0.15, 0.2) is 0 Å². The first-order valence-corrected chi connectivity index (χ1v) is 7.60. The Morgan fingerprint density at radius 2 is 2.00 bits per heavy atom. The topological polar surface area (TPSA) is 70.2 Å². The molecule has 0 aromatic carbocycles. The normalized spacial score (nSPS) is 27.1. The lowest BCUT2D eigenvalue weighted by molar-refractivity contribution is 0.238. The van der Waals surface area contributed by atoms with Gasteiger partial charge in [-0.15, -0.1) is 0 Å². The van der Waals surface area contributed by atoms with E-state index < -0.39 is 15.7 Å². The van der Waals surface area contributed by atoms with Crippen molar-refractivity contribution in [3.63, 3.8) is 0 Å². The van der Waals surface area contributed by atoms with Crippen LogP contribution in [0.25, 0.3) is 0 Å². The maximum Gasteiger partial charge on any atom is 0.277 e. The van der Waals surface area contributed by atoms with Crippen LogP contribution in [-0.2, 0) is 10.2 Å². The maximum absolute atomic E-state index is 11.8. The number of hydrogen-bond acceptors (Lipinski definition) is 3. The van der Waals surface area contributed by atoms with E-state index in [1.54, 1.807) is 0 Å². The van der Waals surface area contributed by atoms with Crippen LogP contribution < -0.4 is 14.8 Å². The molecule has 1 heterocycles. The van der Waals surface area contributed by atoms with Gasteiger partial charge in [-0.25, -0.2) is 4.72 Å². The fourth-order valence-corrected chi connectivity index (χ4v) is 3.39. The van der Waals surface area contributed by atoms with E-state index in [4.69, 9.17) is 0 Å². The van der Waals surface area contributed by atoms with Crippen molar-refractivity contribution in [2.45, 2.75) is 46.1 Å². The first kappa shape index (κ1) is 14.9. The summed E-state index contributed by atoms with van der Waals surface area (Å²) in [4.78, 5) is 0. The summed E-state index contributed by atoms with van der Waals surface area (Å²) in [6, 6.07) is 0. The molecular formula is C11H25N3O2S. The Morgan fingerprint density at radius 1 is 1.35 bits per heavy atom. The fourth-order valence-electron chi connectivity index (χ4n) is 1.98. The van der Waals surface area contributed by atoms with E-state index in [-0.39, 0.29) is 5.41 Å². The van der Waals surface area contributed by atoms with Crippen LogP contribution in [0.3, 0.4) is 0 Å². The summed E-state index contributed by atoms with van der Waals surface area (Å²) >= 11 is 0. The van der Waals surface area contributed by atoms with Gasteiger partial charge in [0, 0.05) is 18.6 Å². The second-order valence-corrected chi connectivity index (χ2v) is 7.77. The summed E-state index contributed by atoms with van der Waals surface area (Å²) in [7, 11) is -3.40. The van der Waals surface area contributed by atoms with Crippen molar-refractivity contribution in [1.29, 1.82) is 0 Å². The third kappa shape index (κ3) is 5.81. The predicted octanol–water partition coefficient (Wildman–Crippen LogP) is 0.599. The lowest BCUT2D eigenvalue weighted by Gasteiger charge is -2.34. The molecule has 1 aliphatic rings. The van der Waals surface area contributed by atoms with E-state index >= 15 is 0 Å². The molecule has 0 aromatic rings. The molecular weight excluding hydrogens is 238 g/mol. The van der Waals surface area contributed by atoms with Gasteiger partial charge in [0.1, 0.15) is 0 Å². The van der Waals surface area contributed by atoms with E-state index in [2.05, 4.69) is 21.7 Å². The van der Waals surface area contributed by atoms with E-state index in [0.29, 0.717) is 6.54 Å². The highest BCUT2D eigenvalue weighted by Gasteiger charge is 2.29. The Balaban J connectivity index is 2.49. The molecule has 0 spiro atoms. The molecule has 0 aliphatic carbocycles. The Labute approximate surface area is 105 Å². The highest BCUT2D eigenvalue weighted by atomic mass is 32.2. The molecule has 5 nitrogen and oxygen atoms in total. The minimum atomic E-state index is -3.40. The van der Waals surface area contributed by atoms with Gasteiger partial charge in [0.05, 0.1) is 0 Å². The van der Waals surface area contributed by atoms with Gasteiger partial charge in [-0.05, 0) is 45.6 Å². The zero-order valence-electron chi connectivity index (χ0n) is 11.3. The van der Waals surface area contributed by atoms with Gasteiger partial charge in [-0.1, -0.05) is 6.92 Å². The maximum atomic E-state index is 11.8. The van der Waals surface area contributed by atoms with Crippen molar-refractivity contribution in [3.05, 3.63) is 0 Å². The van der Waals surface area contributed by atoms with Crippen LogP contribution in [0.2, 0.25) is 0 Å². The highest BCUT2D eigenvalue weighted by Crippen LogP contribution is 2.24. The molecule has 0 bridgehead atoms. The van der Waals surface area contributed by atoms with Crippen LogP contribution in [0.1, 0.15) is 40.5 Å². The van der Waals surface area contributed by atoms with Gasteiger partial charge in [-0.3, -0.25) is 0 Å². The summed E-state index contributed by atoms with van der Waals surface area (Å²) in [5.41, 5.74) is -0.428. The zero-order valence-corrected chi connectivity index (χ0v) is 12.1. The zero-order chi connectivity index (χ0) is 13.2. The molecule has 1 fully saturated rings. The molecule has 3 N–H and O–H groups in total. The summed E-state index contributed by atoms with van der Waals surface area (Å²) in [5.74, 6) is 0. The number of nitrogens with one attached hydrogen (secondary N) is 3. The molecule has 17 heavy (non-hydrogen) atoms. The van der Waals surface area contributed by atoms with E-state index in [0.717, 1.165) is 25.9 Å². The largest absolute Gasteiger partial charge is 0.316 e. The Morgan fingerprint density at radius 3 is 2.47 bits per heavy atom. The number of rotatable bonds is 4. The quantitative estimate of drug-likeness (QED) is 0.695. The highest BCUT2D eigenvalue weighted by molar-refractivity contribution is 7.87. The van der Waals surface area contributed by atoms with Crippen LogP contribution in [0.15, 0.2) is 0 Å². The van der Waals surface area contributed by atoms with Crippen molar-refractivity contribution < 1.29 is 8.42 Å². The van der Waals surface area contributed by atoms with Crippen LogP contribution >= 0.6 is 0 Å². The van der Waals surface area contributed by atoms with Crippen LogP contribution in [-0.4, -0.2) is 33.6 Å². The molecule has 6 heteroatoms. The van der Waals surface area contributed by atoms with E-state index in [9.17, 15) is 8.42 Å². The molecule has 0 saturated carbocycles. The molecule has 0 amide bonds. The molecule has 0 radical (unpaired) electrons. The van der Waals surface area contributed by atoms with Gasteiger partial charge in [-0.2, -0.15) is 13.1 Å². The molecule has 1 atom stereocenters. The Kier molecular flexibility index (Phi) is 4.57. The summed E-state index contributed by atoms with van der Waals surface area (Å²) in [5, 5.41) is 3.30. The SMILES string of the molecule is CC1(CNS(=O)(=O)NC(C)(C)C)CCCNC1. The average molecular weight is 263 g/mol. The minimum Gasteiger partial charge on any atom is -0.316 e. The third-order valence-electron chi connectivity index (χ3n) is 2.82. The number of piperidine rings is 1. The van der Waals surface area contributed by atoms with Crippen LogP contribution in [0, 0.1) is 5.41 Å². The monoisotopic (exact) mass is 263 g/mol. The first-order valence-electron chi connectivity index (χ1n) is 6.11. The van der Waals surface area contributed by atoms with Gasteiger partial charge in [0.2, 0.25) is 0 Å². The summed E-state index contributed by atoms with van der Waals surface area (Å²) < 4.78 is 28.8. The van der Waals surface area contributed by atoms with Crippen molar-refractivity contribution >= 4 is 10.2 Å². The van der Waals surface area contributed by atoms with Crippen molar-refractivity contribution in [2.75, 3.05) is 19.6 Å². The van der Waals surface area contributed by atoms with E-state index in [1.807, 2.05) is 20.8 Å². The molecule has 1 saturated heterocycles. The minimum absolute atomic E-state index is 0.0187. The molecule has 1 rings (SSSR count). The Bertz CT molecular complexity index is 340. The second kappa shape index (κ2) is 5.22. The second-order valence-electron chi connectivity index (χ2n) is 6.27. The molecule has 1 unspecified atom stereocenters. The standard InChI is InChI=1S/C11H25N3O2S/c1-10(2,3)14-17(15,16)13-9-11(4)6-5-7-12-8-11/h12-14H,5-9H2,1-4H3. The van der Waals surface area contributed by atoms with Crippen LogP contribution in [0.4, 0.5) is 0 Å². The average Bonchev–Trinajstić information content (AvgIpc) is 2.13. The molecule has 0 aromatic heterocycles. The summed E-state index contributed by atoms with van der Waals surface area (Å²) in [6.07, 6.45) is 2.16. The lowest BCUT2D eigenvalue weighted by Crippen LogP contribution is -2.51. The van der Waals surface area contributed by atoms with E-state index in [1.165, 1.54) is 0 Å². The van der Waals surface area contributed by atoms with Gasteiger partial charge < -0.3 is 5.32 Å². The number of hydrogen-bond donors (Lipinski definition) is 3. The lowest BCUT2D eigenvalue weighted by atomic mass is 9.83.